The number of aryl methyl sites for hydroxylation is 1. The summed E-state index contributed by atoms with van der Waals surface area (Å²) in [5.74, 6) is 1.81. The largest absolute Gasteiger partial charge is 0.493 e. The van der Waals surface area contributed by atoms with Crippen molar-refractivity contribution in [3.8, 4) is 5.75 Å². The van der Waals surface area contributed by atoms with E-state index < -0.39 is 0 Å². The summed E-state index contributed by atoms with van der Waals surface area (Å²) in [4.78, 5) is 2.59. The zero-order valence-corrected chi connectivity index (χ0v) is 11.4. The van der Waals surface area contributed by atoms with Crippen molar-refractivity contribution >= 4 is 0 Å². The second kappa shape index (κ2) is 4.93. The van der Waals surface area contributed by atoms with E-state index in [0.717, 1.165) is 30.4 Å². The lowest BCUT2D eigenvalue weighted by atomic mass is 9.92. The molecule has 0 spiro atoms. The Bertz CT molecular complexity index is 403. The van der Waals surface area contributed by atoms with Gasteiger partial charge in [0.1, 0.15) is 5.75 Å². The van der Waals surface area contributed by atoms with E-state index in [4.69, 9.17) is 4.74 Å². The molecule has 3 rings (SSSR count). The highest BCUT2D eigenvalue weighted by molar-refractivity contribution is 5.31. The van der Waals surface area contributed by atoms with Gasteiger partial charge in [0.25, 0.3) is 0 Å². The molecule has 18 heavy (non-hydrogen) atoms. The van der Waals surface area contributed by atoms with Crippen LogP contribution in [-0.2, 0) is 0 Å². The first-order valence-corrected chi connectivity index (χ1v) is 7.14. The van der Waals surface area contributed by atoms with Gasteiger partial charge in [-0.25, -0.2) is 0 Å². The molecule has 1 aromatic carbocycles. The van der Waals surface area contributed by atoms with Crippen molar-refractivity contribution in [3.63, 3.8) is 0 Å². The molecule has 0 saturated carbocycles. The van der Waals surface area contributed by atoms with Crippen molar-refractivity contribution < 1.29 is 4.74 Å². The van der Waals surface area contributed by atoms with Crippen molar-refractivity contribution in [1.82, 2.24) is 4.90 Å². The molecule has 2 saturated heterocycles. The maximum atomic E-state index is 6.02. The predicted octanol–water partition coefficient (Wildman–Crippen LogP) is 3.25. The second-order valence-electron chi connectivity index (χ2n) is 5.96. The van der Waals surface area contributed by atoms with Gasteiger partial charge in [-0.1, -0.05) is 18.2 Å². The zero-order chi connectivity index (χ0) is 12.5. The normalized spacial score (nSPS) is 31.6. The van der Waals surface area contributed by atoms with Crippen molar-refractivity contribution in [2.45, 2.75) is 44.7 Å². The molecule has 0 N–H and O–H groups in total. The van der Waals surface area contributed by atoms with Crippen LogP contribution in [0.15, 0.2) is 24.3 Å². The lowest BCUT2D eigenvalue weighted by Gasteiger charge is -2.36. The van der Waals surface area contributed by atoms with Crippen LogP contribution >= 0.6 is 0 Å². The smallest absolute Gasteiger partial charge is 0.122 e. The first kappa shape index (κ1) is 12.0. The second-order valence-corrected chi connectivity index (χ2v) is 5.96. The van der Waals surface area contributed by atoms with Crippen LogP contribution < -0.4 is 4.74 Å². The number of nitrogens with zero attached hydrogens (tertiary/aromatic N) is 1. The molecule has 1 unspecified atom stereocenters. The van der Waals surface area contributed by atoms with Gasteiger partial charge in [0.2, 0.25) is 0 Å². The summed E-state index contributed by atoms with van der Waals surface area (Å²) in [7, 11) is 2.29. The van der Waals surface area contributed by atoms with Crippen LogP contribution in [0.2, 0.25) is 0 Å². The van der Waals surface area contributed by atoms with Gasteiger partial charge >= 0.3 is 0 Å². The first-order valence-electron chi connectivity index (χ1n) is 7.14. The number of rotatable bonds is 3. The first-order chi connectivity index (χ1) is 8.74. The van der Waals surface area contributed by atoms with Gasteiger partial charge in [-0.3, -0.25) is 0 Å². The monoisotopic (exact) mass is 245 g/mol. The summed E-state index contributed by atoms with van der Waals surface area (Å²) in [6.07, 6.45) is 5.42. The summed E-state index contributed by atoms with van der Waals surface area (Å²) in [5, 5.41) is 0. The van der Waals surface area contributed by atoms with E-state index in [1.165, 1.54) is 31.2 Å². The number of fused-ring (bicyclic) bond motifs is 2. The fraction of sp³-hybridized carbons (Fsp3) is 0.625. The summed E-state index contributed by atoms with van der Waals surface area (Å²) in [6.45, 7) is 3.01. The summed E-state index contributed by atoms with van der Waals surface area (Å²) >= 11 is 0. The maximum absolute atomic E-state index is 6.02. The minimum atomic E-state index is 0.748. The van der Waals surface area contributed by atoms with Gasteiger partial charge in [0.05, 0.1) is 6.61 Å². The van der Waals surface area contributed by atoms with Gasteiger partial charge in [-0.15, -0.1) is 0 Å². The molecule has 2 fully saturated rings. The molecule has 2 nitrogen and oxygen atoms in total. The number of hydrogen-bond donors (Lipinski definition) is 0. The number of ether oxygens (including phenoxy) is 1. The maximum Gasteiger partial charge on any atom is 0.122 e. The van der Waals surface area contributed by atoms with Gasteiger partial charge < -0.3 is 9.64 Å². The molecule has 2 aliphatic heterocycles. The highest BCUT2D eigenvalue weighted by atomic mass is 16.5. The van der Waals surface area contributed by atoms with E-state index in [0.29, 0.717) is 0 Å². The minimum absolute atomic E-state index is 0.748. The third-order valence-corrected chi connectivity index (χ3v) is 4.76. The summed E-state index contributed by atoms with van der Waals surface area (Å²) in [5.41, 5.74) is 1.24. The lowest BCUT2D eigenvalue weighted by Crippen LogP contribution is -2.41. The fourth-order valence-electron chi connectivity index (χ4n) is 3.59. The van der Waals surface area contributed by atoms with Crippen LogP contribution in [0.4, 0.5) is 0 Å². The van der Waals surface area contributed by atoms with E-state index in [1.807, 2.05) is 0 Å². The zero-order valence-electron chi connectivity index (χ0n) is 11.4. The molecule has 0 radical (unpaired) electrons. The molecule has 2 heteroatoms. The van der Waals surface area contributed by atoms with E-state index in [9.17, 15) is 0 Å². The van der Waals surface area contributed by atoms with Crippen LogP contribution in [0, 0.1) is 12.8 Å². The van der Waals surface area contributed by atoms with Crippen molar-refractivity contribution in [3.05, 3.63) is 29.8 Å². The third kappa shape index (κ3) is 2.26. The standard InChI is InChI=1S/C16H23NO/c1-12-5-3-4-6-16(12)18-11-13-9-14-7-8-15(10-13)17(14)2/h3-6,13-15H,7-11H2,1-2H3/t13?,14-,15+. The van der Waals surface area contributed by atoms with Crippen LogP contribution in [0.5, 0.6) is 5.75 Å². The average Bonchev–Trinajstić information content (AvgIpc) is 2.62. The SMILES string of the molecule is Cc1ccccc1OCC1C[C@H]2CC[C@@H](C1)N2C. The van der Waals surface area contributed by atoms with E-state index in [1.54, 1.807) is 0 Å². The molecule has 98 valence electrons. The van der Waals surface area contributed by atoms with E-state index >= 15 is 0 Å². The minimum Gasteiger partial charge on any atom is -0.493 e. The molecule has 1 aromatic rings. The average molecular weight is 245 g/mol. The summed E-state index contributed by atoms with van der Waals surface area (Å²) in [6, 6.07) is 9.95. The van der Waals surface area contributed by atoms with E-state index in [-0.39, 0.29) is 0 Å². The van der Waals surface area contributed by atoms with Crippen molar-refractivity contribution in [1.29, 1.82) is 0 Å². The highest BCUT2D eigenvalue weighted by Crippen LogP contribution is 2.37. The molecular formula is C16H23NO. The van der Waals surface area contributed by atoms with Gasteiger partial charge in [-0.05, 0) is 57.2 Å². The molecule has 0 amide bonds. The number of piperidine rings is 1. The van der Waals surface area contributed by atoms with Gasteiger partial charge in [0, 0.05) is 12.1 Å². The van der Waals surface area contributed by atoms with Crippen LogP contribution in [0.25, 0.3) is 0 Å². The molecule has 0 aromatic heterocycles. The molecule has 2 aliphatic rings. The Kier molecular flexibility index (Phi) is 3.29. The molecular weight excluding hydrogens is 222 g/mol. The molecule has 2 bridgehead atoms. The Hall–Kier alpha value is -1.02. The van der Waals surface area contributed by atoms with Crippen molar-refractivity contribution in [2.75, 3.05) is 13.7 Å². The number of hydrogen-bond acceptors (Lipinski definition) is 2. The third-order valence-electron chi connectivity index (χ3n) is 4.76. The Morgan fingerprint density at radius 3 is 2.50 bits per heavy atom. The van der Waals surface area contributed by atoms with Crippen molar-refractivity contribution in [2.24, 2.45) is 5.92 Å². The Morgan fingerprint density at radius 2 is 1.83 bits per heavy atom. The van der Waals surface area contributed by atoms with Gasteiger partial charge in [-0.2, -0.15) is 0 Å². The van der Waals surface area contributed by atoms with E-state index in [2.05, 4.69) is 43.1 Å². The Balaban J connectivity index is 1.57. The summed E-state index contributed by atoms with van der Waals surface area (Å²) < 4.78 is 6.02. The molecule has 0 aliphatic carbocycles. The Morgan fingerprint density at radius 1 is 1.17 bits per heavy atom. The quantitative estimate of drug-likeness (QED) is 0.810. The molecule has 3 atom stereocenters. The van der Waals surface area contributed by atoms with Crippen LogP contribution in [-0.4, -0.2) is 30.6 Å². The predicted molar refractivity (Wildman–Crippen MR) is 74.0 cm³/mol. The lowest BCUT2D eigenvalue weighted by molar-refractivity contribution is 0.102. The topological polar surface area (TPSA) is 12.5 Å². The molecule has 2 heterocycles. The number of para-hydroxylation sites is 1. The van der Waals surface area contributed by atoms with Crippen LogP contribution in [0.3, 0.4) is 0 Å². The van der Waals surface area contributed by atoms with Gasteiger partial charge in [0.15, 0.2) is 0 Å². The Labute approximate surface area is 110 Å². The highest BCUT2D eigenvalue weighted by Gasteiger charge is 2.38. The fourth-order valence-corrected chi connectivity index (χ4v) is 3.59. The number of benzene rings is 1. The van der Waals surface area contributed by atoms with Crippen LogP contribution in [0.1, 0.15) is 31.2 Å².